The van der Waals surface area contributed by atoms with Crippen LogP contribution in [0.15, 0.2) is 66.7 Å². The second-order valence-corrected chi connectivity index (χ2v) is 11.7. The van der Waals surface area contributed by atoms with Gasteiger partial charge in [0.15, 0.2) is 0 Å². The average Bonchev–Trinajstić information content (AvgIpc) is 2.80. The van der Waals surface area contributed by atoms with Crippen molar-refractivity contribution in [2.24, 2.45) is 0 Å². The Hall–Kier alpha value is -3.37. The van der Waals surface area contributed by atoms with Crippen LogP contribution in [0.3, 0.4) is 0 Å². The summed E-state index contributed by atoms with van der Waals surface area (Å²) in [6.45, 7) is 13.3. The first-order chi connectivity index (χ1) is 16.7. The molecule has 0 saturated heterocycles. The normalized spacial score (nSPS) is 13.1. The minimum absolute atomic E-state index is 0.0751. The SMILES string of the molecule is CN(C)c1cc(C(O)/C=C/c2ccc(C(=O)O)cc2)cc(-c2ccc(C(C)(C)C)cc2)c1C(C)(C)C. The fraction of sp³-hybridized carbons (Fsp3) is 0.344. The molecular formula is C32H39NO3. The van der Waals surface area contributed by atoms with Crippen molar-refractivity contribution in [1.82, 2.24) is 0 Å². The standard InChI is InChI=1S/C32H39NO3/c1-31(2,3)25-16-14-22(15-17-25)26-19-24(20-27(33(7)8)29(26)32(4,5)6)28(34)18-11-21-9-12-23(13-10-21)30(35)36/h9-20,28,34H,1-8H3,(H,35,36)/b18-11+. The predicted octanol–water partition coefficient (Wildman–Crippen LogP) is 7.46. The third kappa shape index (κ3) is 6.24. The number of hydrogen-bond donors (Lipinski definition) is 2. The van der Waals surface area contributed by atoms with E-state index in [-0.39, 0.29) is 16.4 Å². The third-order valence-corrected chi connectivity index (χ3v) is 6.40. The van der Waals surface area contributed by atoms with Gasteiger partial charge in [-0.2, -0.15) is 0 Å². The van der Waals surface area contributed by atoms with E-state index in [1.165, 1.54) is 11.1 Å². The molecule has 3 aromatic carbocycles. The molecule has 4 heteroatoms. The van der Waals surface area contributed by atoms with Gasteiger partial charge in [-0.15, -0.1) is 0 Å². The van der Waals surface area contributed by atoms with E-state index in [2.05, 4.69) is 82.8 Å². The number of nitrogens with zero attached hydrogens (tertiary/aromatic N) is 1. The van der Waals surface area contributed by atoms with Crippen molar-refractivity contribution in [2.75, 3.05) is 19.0 Å². The maximum atomic E-state index is 11.1. The van der Waals surface area contributed by atoms with Gasteiger partial charge in [-0.25, -0.2) is 4.79 Å². The Morgan fingerprint density at radius 2 is 1.44 bits per heavy atom. The van der Waals surface area contributed by atoms with Crippen LogP contribution in [0.5, 0.6) is 0 Å². The molecule has 36 heavy (non-hydrogen) atoms. The largest absolute Gasteiger partial charge is 0.478 e. The van der Waals surface area contributed by atoms with Crippen LogP contribution >= 0.6 is 0 Å². The van der Waals surface area contributed by atoms with E-state index >= 15 is 0 Å². The van der Waals surface area contributed by atoms with Gasteiger partial charge in [0.2, 0.25) is 0 Å². The van der Waals surface area contributed by atoms with Crippen LogP contribution in [0, 0.1) is 0 Å². The summed E-state index contributed by atoms with van der Waals surface area (Å²) < 4.78 is 0. The smallest absolute Gasteiger partial charge is 0.335 e. The Morgan fingerprint density at radius 1 is 0.861 bits per heavy atom. The number of aromatic carboxylic acids is 1. The Bertz CT molecular complexity index is 1240. The number of benzene rings is 3. The first kappa shape index (κ1) is 27.2. The van der Waals surface area contributed by atoms with Crippen LogP contribution in [0.1, 0.15) is 80.3 Å². The zero-order valence-corrected chi connectivity index (χ0v) is 22.8. The molecule has 2 N–H and O–H groups in total. The quantitative estimate of drug-likeness (QED) is 0.380. The van der Waals surface area contributed by atoms with Gasteiger partial charge in [0.1, 0.15) is 0 Å². The highest BCUT2D eigenvalue weighted by Crippen LogP contribution is 2.42. The van der Waals surface area contributed by atoms with Gasteiger partial charge in [0.05, 0.1) is 11.7 Å². The highest BCUT2D eigenvalue weighted by atomic mass is 16.4. The number of hydrogen-bond acceptors (Lipinski definition) is 3. The second-order valence-electron chi connectivity index (χ2n) is 11.7. The Labute approximate surface area is 215 Å². The van der Waals surface area contributed by atoms with Crippen molar-refractivity contribution in [1.29, 1.82) is 0 Å². The molecule has 0 amide bonds. The maximum Gasteiger partial charge on any atom is 0.335 e. The first-order valence-electron chi connectivity index (χ1n) is 12.3. The van der Waals surface area contributed by atoms with Crippen LogP contribution in [0.4, 0.5) is 5.69 Å². The van der Waals surface area contributed by atoms with Crippen molar-refractivity contribution >= 4 is 17.7 Å². The lowest BCUT2D eigenvalue weighted by Gasteiger charge is -2.31. The molecule has 0 radical (unpaired) electrons. The summed E-state index contributed by atoms with van der Waals surface area (Å²) in [5, 5.41) is 20.3. The molecule has 0 saturated carbocycles. The molecule has 1 atom stereocenters. The van der Waals surface area contributed by atoms with Crippen molar-refractivity contribution in [3.05, 3.63) is 94.6 Å². The summed E-state index contributed by atoms with van der Waals surface area (Å²) >= 11 is 0. The summed E-state index contributed by atoms with van der Waals surface area (Å²) in [5.41, 5.74) is 7.67. The molecule has 0 aromatic heterocycles. The van der Waals surface area contributed by atoms with E-state index in [0.29, 0.717) is 0 Å². The van der Waals surface area contributed by atoms with E-state index in [0.717, 1.165) is 27.9 Å². The summed E-state index contributed by atoms with van der Waals surface area (Å²) in [6.07, 6.45) is 2.75. The molecule has 0 heterocycles. The lowest BCUT2D eigenvalue weighted by atomic mass is 9.78. The summed E-state index contributed by atoms with van der Waals surface area (Å²) in [7, 11) is 4.07. The molecule has 4 nitrogen and oxygen atoms in total. The monoisotopic (exact) mass is 485 g/mol. The van der Waals surface area contributed by atoms with Gasteiger partial charge in [-0.05, 0) is 68.5 Å². The molecular weight excluding hydrogens is 446 g/mol. The topological polar surface area (TPSA) is 60.8 Å². The minimum Gasteiger partial charge on any atom is -0.478 e. The average molecular weight is 486 g/mol. The van der Waals surface area contributed by atoms with Crippen LogP contribution in [0.2, 0.25) is 0 Å². The predicted molar refractivity (Wildman–Crippen MR) is 151 cm³/mol. The van der Waals surface area contributed by atoms with Gasteiger partial charge in [0.25, 0.3) is 0 Å². The third-order valence-electron chi connectivity index (χ3n) is 6.40. The Kier molecular flexibility index (Phi) is 7.80. The number of carboxylic acids is 1. The summed E-state index contributed by atoms with van der Waals surface area (Å²) in [6, 6.07) is 19.5. The minimum atomic E-state index is -0.955. The fourth-order valence-corrected chi connectivity index (χ4v) is 4.39. The second kappa shape index (κ2) is 10.3. The van der Waals surface area contributed by atoms with E-state index in [9.17, 15) is 9.90 Å². The molecule has 0 aliphatic heterocycles. The summed E-state index contributed by atoms with van der Waals surface area (Å²) in [5.74, 6) is -0.955. The van der Waals surface area contributed by atoms with E-state index < -0.39 is 12.1 Å². The number of aliphatic hydroxyl groups is 1. The van der Waals surface area contributed by atoms with Crippen LogP contribution in [-0.4, -0.2) is 30.3 Å². The lowest BCUT2D eigenvalue weighted by Crippen LogP contribution is -2.21. The molecule has 0 aliphatic carbocycles. The number of aliphatic hydroxyl groups excluding tert-OH is 1. The van der Waals surface area contributed by atoms with E-state index in [1.54, 1.807) is 30.3 Å². The number of carboxylic acid groups (broad SMARTS) is 1. The summed E-state index contributed by atoms with van der Waals surface area (Å²) in [4.78, 5) is 13.2. The molecule has 190 valence electrons. The van der Waals surface area contributed by atoms with Crippen LogP contribution in [-0.2, 0) is 10.8 Å². The van der Waals surface area contributed by atoms with Crippen molar-refractivity contribution in [3.63, 3.8) is 0 Å². The van der Waals surface area contributed by atoms with Crippen LogP contribution in [0.25, 0.3) is 17.2 Å². The molecule has 0 fully saturated rings. The maximum absolute atomic E-state index is 11.1. The zero-order valence-electron chi connectivity index (χ0n) is 22.8. The van der Waals surface area contributed by atoms with E-state index in [1.807, 2.05) is 20.2 Å². The number of rotatable bonds is 6. The molecule has 0 spiro atoms. The van der Waals surface area contributed by atoms with Gasteiger partial charge >= 0.3 is 5.97 Å². The van der Waals surface area contributed by atoms with Crippen molar-refractivity contribution in [3.8, 4) is 11.1 Å². The molecule has 0 aliphatic rings. The van der Waals surface area contributed by atoms with Crippen LogP contribution < -0.4 is 4.90 Å². The van der Waals surface area contributed by atoms with Gasteiger partial charge in [-0.3, -0.25) is 0 Å². The van der Waals surface area contributed by atoms with Crippen molar-refractivity contribution < 1.29 is 15.0 Å². The molecule has 0 bridgehead atoms. The van der Waals surface area contributed by atoms with Crippen molar-refractivity contribution in [2.45, 2.75) is 58.5 Å². The fourth-order valence-electron chi connectivity index (χ4n) is 4.39. The van der Waals surface area contributed by atoms with Gasteiger partial charge < -0.3 is 15.1 Å². The highest BCUT2D eigenvalue weighted by molar-refractivity contribution is 5.87. The Balaban J connectivity index is 2.09. The van der Waals surface area contributed by atoms with Gasteiger partial charge in [0, 0.05) is 19.8 Å². The number of anilines is 1. The zero-order chi connectivity index (χ0) is 26.8. The molecule has 3 aromatic rings. The highest BCUT2D eigenvalue weighted by Gasteiger charge is 2.26. The lowest BCUT2D eigenvalue weighted by molar-refractivity contribution is 0.0697. The number of carbonyl (C=O) groups is 1. The van der Waals surface area contributed by atoms with E-state index in [4.69, 9.17) is 5.11 Å². The molecule has 1 unspecified atom stereocenters. The molecule has 3 rings (SSSR count). The Morgan fingerprint density at radius 3 is 1.92 bits per heavy atom. The van der Waals surface area contributed by atoms with Gasteiger partial charge in [-0.1, -0.05) is 90.1 Å². The first-order valence-corrected chi connectivity index (χ1v) is 12.3.